The zero-order valence-electron chi connectivity index (χ0n) is 10.8. The molecule has 1 aromatic heterocycles. The molecule has 1 unspecified atom stereocenters. The molecule has 1 aromatic rings. The van der Waals surface area contributed by atoms with Gasteiger partial charge in [0.25, 0.3) is 0 Å². The quantitative estimate of drug-likeness (QED) is 0.724. The normalized spacial score (nSPS) is 20.8. The van der Waals surface area contributed by atoms with Gasteiger partial charge in [-0.15, -0.1) is 0 Å². The van der Waals surface area contributed by atoms with Gasteiger partial charge >= 0.3 is 0 Å². The molecule has 0 bridgehead atoms. The summed E-state index contributed by atoms with van der Waals surface area (Å²) in [4.78, 5) is 0. The van der Waals surface area contributed by atoms with Gasteiger partial charge in [-0.3, -0.25) is 0 Å². The lowest BCUT2D eigenvalue weighted by atomic mass is 9.74. The molecule has 0 spiro atoms. The molecule has 2 rings (SSSR count). The van der Waals surface area contributed by atoms with Gasteiger partial charge in [0.15, 0.2) is 0 Å². The molecule has 0 amide bonds. The van der Waals surface area contributed by atoms with E-state index in [0.717, 1.165) is 19.4 Å². The Labute approximate surface area is 108 Å². The highest BCUT2D eigenvalue weighted by atomic mass is 16.4. The predicted octanol–water partition coefficient (Wildman–Crippen LogP) is 1.85. The summed E-state index contributed by atoms with van der Waals surface area (Å²) >= 11 is 0. The number of furan rings is 1. The third-order valence-electron chi connectivity index (χ3n) is 3.96. The van der Waals surface area contributed by atoms with Crippen LogP contribution in [0.1, 0.15) is 44.0 Å². The molecule has 0 aromatic carbocycles. The highest BCUT2D eigenvalue weighted by Gasteiger charge is 2.31. The summed E-state index contributed by atoms with van der Waals surface area (Å²) in [6.07, 6.45) is 6.78. The van der Waals surface area contributed by atoms with Crippen molar-refractivity contribution >= 4 is 0 Å². The van der Waals surface area contributed by atoms with Crippen molar-refractivity contribution in [1.29, 1.82) is 0 Å². The van der Waals surface area contributed by atoms with Crippen molar-refractivity contribution in [2.45, 2.75) is 38.2 Å². The fourth-order valence-electron chi connectivity index (χ4n) is 2.75. The number of nitrogens with one attached hydrogen (secondary N) is 1. The summed E-state index contributed by atoms with van der Waals surface area (Å²) in [6, 6.07) is 3.55. The Kier molecular flexibility index (Phi) is 4.80. The fraction of sp³-hybridized carbons (Fsp3) is 0.714. The van der Waals surface area contributed by atoms with Crippen LogP contribution in [0.15, 0.2) is 22.8 Å². The number of aliphatic hydroxyl groups is 2. The van der Waals surface area contributed by atoms with Crippen LogP contribution in [-0.2, 0) is 0 Å². The molecule has 3 N–H and O–H groups in total. The molecule has 0 aliphatic heterocycles. The molecule has 18 heavy (non-hydrogen) atoms. The number of hydrogen-bond acceptors (Lipinski definition) is 4. The van der Waals surface area contributed by atoms with Gasteiger partial charge in [0.05, 0.1) is 6.26 Å². The largest absolute Gasteiger partial charge is 0.467 e. The standard InChI is InChI=1S/C14H23NO3/c16-11-14(6-2-1-3-7-14)10-15-9-12(17)13-5-4-8-18-13/h4-5,8,12,15-17H,1-3,6-7,9-11H2. The van der Waals surface area contributed by atoms with E-state index in [1.807, 2.05) is 0 Å². The Hall–Kier alpha value is -0.840. The lowest BCUT2D eigenvalue weighted by Gasteiger charge is -2.36. The lowest BCUT2D eigenvalue weighted by Crippen LogP contribution is -2.40. The van der Waals surface area contributed by atoms with Crippen molar-refractivity contribution in [3.63, 3.8) is 0 Å². The summed E-state index contributed by atoms with van der Waals surface area (Å²) < 4.78 is 5.15. The molecule has 0 saturated heterocycles. The van der Waals surface area contributed by atoms with E-state index in [4.69, 9.17) is 4.42 Å². The number of hydrogen-bond donors (Lipinski definition) is 3. The van der Waals surface area contributed by atoms with Crippen LogP contribution in [0.2, 0.25) is 0 Å². The summed E-state index contributed by atoms with van der Waals surface area (Å²) in [5.74, 6) is 0.587. The van der Waals surface area contributed by atoms with Gasteiger partial charge in [0, 0.05) is 25.1 Å². The zero-order chi connectivity index (χ0) is 12.8. The van der Waals surface area contributed by atoms with Crippen LogP contribution in [-0.4, -0.2) is 29.9 Å². The second-order valence-electron chi connectivity index (χ2n) is 5.38. The van der Waals surface area contributed by atoms with Crippen LogP contribution in [0, 0.1) is 5.41 Å². The molecule has 1 aliphatic rings. The van der Waals surface area contributed by atoms with Crippen molar-refractivity contribution in [2.24, 2.45) is 5.41 Å². The molecule has 1 heterocycles. The number of rotatable bonds is 6. The Bertz CT molecular complexity index is 331. The molecule has 0 radical (unpaired) electrons. The van der Waals surface area contributed by atoms with Crippen LogP contribution in [0.25, 0.3) is 0 Å². The topological polar surface area (TPSA) is 65.6 Å². The van der Waals surface area contributed by atoms with E-state index < -0.39 is 6.10 Å². The maximum atomic E-state index is 9.88. The van der Waals surface area contributed by atoms with E-state index >= 15 is 0 Å². The van der Waals surface area contributed by atoms with Gasteiger partial charge < -0.3 is 19.9 Å². The minimum Gasteiger partial charge on any atom is -0.467 e. The summed E-state index contributed by atoms with van der Waals surface area (Å²) in [6.45, 7) is 1.47. The lowest BCUT2D eigenvalue weighted by molar-refractivity contribution is 0.0737. The summed E-state index contributed by atoms with van der Waals surface area (Å²) in [5.41, 5.74) is 0.0150. The molecule has 1 fully saturated rings. The average molecular weight is 253 g/mol. The first-order valence-corrected chi connectivity index (χ1v) is 6.79. The third-order valence-corrected chi connectivity index (χ3v) is 3.96. The molecule has 1 saturated carbocycles. The van der Waals surface area contributed by atoms with Gasteiger partial charge in [-0.1, -0.05) is 19.3 Å². The molecule has 1 atom stereocenters. The fourth-order valence-corrected chi connectivity index (χ4v) is 2.75. The summed E-state index contributed by atoms with van der Waals surface area (Å²) in [7, 11) is 0. The second-order valence-corrected chi connectivity index (χ2v) is 5.38. The smallest absolute Gasteiger partial charge is 0.133 e. The molecular weight excluding hydrogens is 230 g/mol. The first-order chi connectivity index (χ1) is 8.76. The van der Waals surface area contributed by atoms with Crippen LogP contribution in [0.3, 0.4) is 0 Å². The molecule has 4 nitrogen and oxygen atoms in total. The van der Waals surface area contributed by atoms with Crippen molar-refractivity contribution in [3.05, 3.63) is 24.2 Å². The number of aliphatic hydroxyl groups excluding tert-OH is 2. The molecule has 102 valence electrons. The minimum absolute atomic E-state index is 0.0150. The Balaban J connectivity index is 1.76. The van der Waals surface area contributed by atoms with Crippen LogP contribution in [0.4, 0.5) is 0 Å². The first kappa shape index (κ1) is 13.6. The van der Waals surface area contributed by atoms with E-state index in [2.05, 4.69) is 5.32 Å². The zero-order valence-corrected chi connectivity index (χ0v) is 10.8. The van der Waals surface area contributed by atoms with Crippen LogP contribution < -0.4 is 5.32 Å². The predicted molar refractivity (Wildman–Crippen MR) is 69.1 cm³/mol. The molecule has 1 aliphatic carbocycles. The Morgan fingerprint density at radius 1 is 1.33 bits per heavy atom. The van der Waals surface area contributed by atoms with E-state index in [-0.39, 0.29) is 12.0 Å². The second kappa shape index (κ2) is 6.36. The van der Waals surface area contributed by atoms with Gasteiger partial charge in [-0.25, -0.2) is 0 Å². The van der Waals surface area contributed by atoms with E-state index in [0.29, 0.717) is 12.3 Å². The maximum Gasteiger partial charge on any atom is 0.133 e. The minimum atomic E-state index is -0.612. The SMILES string of the molecule is OCC1(CNCC(O)c2ccco2)CCCCC1. The van der Waals surface area contributed by atoms with Crippen LogP contribution >= 0.6 is 0 Å². The van der Waals surface area contributed by atoms with Crippen molar-refractivity contribution in [2.75, 3.05) is 19.7 Å². The Morgan fingerprint density at radius 2 is 2.11 bits per heavy atom. The van der Waals surface area contributed by atoms with Gasteiger partial charge in [-0.05, 0) is 25.0 Å². The molecule has 4 heteroatoms. The monoisotopic (exact) mass is 253 g/mol. The highest BCUT2D eigenvalue weighted by Crippen LogP contribution is 2.35. The average Bonchev–Trinajstić information content (AvgIpc) is 2.94. The third kappa shape index (κ3) is 3.34. The first-order valence-electron chi connectivity index (χ1n) is 6.79. The van der Waals surface area contributed by atoms with Crippen molar-refractivity contribution in [1.82, 2.24) is 5.32 Å². The maximum absolute atomic E-state index is 9.88. The van der Waals surface area contributed by atoms with E-state index in [1.165, 1.54) is 19.3 Å². The van der Waals surface area contributed by atoms with Crippen LogP contribution in [0.5, 0.6) is 0 Å². The van der Waals surface area contributed by atoms with Gasteiger partial charge in [-0.2, -0.15) is 0 Å². The highest BCUT2D eigenvalue weighted by molar-refractivity contribution is 5.02. The molecular formula is C14H23NO3. The van der Waals surface area contributed by atoms with Gasteiger partial charge in [0.2, 0.25) is 0 Å². The van der Waals surface area contributed by atoms with E-state index in [9.17, 15) is 10.2 Å². The van der Waals surface area contributed by atoms with Crippen molar-refractivity contribution in [3.8, 4) is 0 Å². The summed E-state index contributed by atoms with van der Waals surface area (Å²) in [5, 5.41) is 22.7. The van der Waals surface area contributed by atoms with Crippen molar-refractivity contribution < 1.29 is 14.6 Å². The Morgan fingerprint density at radius 3 is 2.72 bits per heavy atom. The van der Waals surface area contributed by atoms with E-state index in [1.54, 1.807) is 18.4 Å². The van der Waals surface area contributed by atoms with Gasteiger partial charge in [0.1, 0.15) is 11.9 Å².